The zero-order valence-electron chi connectivity index (χ0n) is 18.7. The molecular formula is C24H23N5O4. The molecule has 0 atom stereocenters. The lowest BCUT2D eigenvalue weighted by atomic mass is 10.1. The lowest BCUT2D eigenvalue weighted by Gasteiger charge is -2.10. The number of nitrogens with one attached hydrogen (secondary N) is 1. The van der Waals surface area contributed by atoms with Gasteiger partial charge in [0.25, 0.3) is 11.5 Å². The number of hydrogen-bond acceptors (Lipinski definition) is 6. The second-order valence-corrected chi connectivity index (χ2v) is 7.83. The van der Waals surface area contributed by atoms with Gasteiger partial charge >= 0.3 is 5.69 Å². The molecule has 0 aliphatic carbocycles. The quantitative estimate of drug-likeness (QED) is 0.505. The summed E-state index contributed by atoms with van der Waals surface area (Å²) in [5, 5.41) is 3.04. The highest BCUT2D eigenvalue weighted by molar-refractivity contribution is 5.94. The largest absolute Gasteiger partial charge is 0.439 e. The van der Waals surface area contributed by atoms with E-state index in [4.69, 9.17) is 4.74 Å². The Kier molecular flexibility index (Phi) is 5.78. The van der Waals surface area contributed by atoms with Crippen LogP contribution in [0.4, 0.5) is 0 Å². The van der Waals surface area contributed by atoms with Crippen molar-refractivity contribution < 1.29 is 9.53 Å². The molecule has 0 aliphatic rings. The van der Waals surface area contributed by atoms with Crippen LogP contribution >= 0.6 is 0 Å². The maximum Gasteiger partial charge on any atom is 0.332 e. The van der Waals surface area contributed by atoms with E-state index in [2.05, 4.69) is 15.3 Å². The van der Waals surface area contributed by atoms with E-state index in [0.717, 1.165) is 27.0 Å². The Morgan fingerprint density at radius 1 is 1.03 bits per heavy atom. The fourth-order valence-corrected chi connectivity index (χ4v) is 3.36. The van der Waals surface area contributed by atoms with Crippen LogP contribution in [-0.2, 0) is 20.6 Å². The number of pyridine rings is 2. The lowest BCUT2D eigenvalue weighted by molar-refractivity contribution is 0.0946. The Morgan fingerprint density at radius 2 is 1.82 bits per heavy atom. The first-order valence-electron chi connectivity index (χ1n) is 10.3. The third kappa shape index (κ3) is 4.38. The Balaban J connectivity index is 1.46. The van der Waals surface area contributed by atoms with Gasteiger partial charge in [-0.2, -0.15) is 0 Å². The fraction of sp³-hybridized carbons (Fsp3) is 0.208. The third-order valence-corrected chi connectivity index (χ3v) is 5.34. The van der Waals surface area contributed by atoms with Gasteiger partial charge in [0, 0.05) is 32.9 Å². The molecule has 0 saturated carbocycles. The van der Waals surface area contributed by atoms with Gasteiger partial charge in [-0.05, 0) is 48.7 Å². The molecule has 9 nitrogen and oxygen atoms in total. The Bertz CT molecular complexity index is 1490. The second-order valence-electron chi connectivity index (χ2n) is 7.83. The number of carbonyl (C=O) groups excluding carboxylic acids is 1. The average molecular weight is 445 g/mol. The van der Waals surface area contributed by atoms with Crippen molar-refractivity contribution in [3.63, 3.8) is 0 Å². The predicted molar refractivity (Wildman–Crippen MR) is 124 cm³/mol. The summed E-state index contributed by atoms with van der Waals surface area (Å²) in [6, 6.07) is 12.5. The summed E-state index contributed by atoms with van der Waals surface area (Å²) >= 11 is 0. The molecule has 33 heavy (non-hydrogen) atoms. The van der Waals surface area contributed by atoms with Gasteiger partial charge in [0.05, 0.1) is 5.39 Å². The summed E-state index contributed by atoms with van der Waals surface area (Å²) < 4.78 is 8.10. The van der Waals surface area contributed by atoms with Crippen molar-refractivity contribution in [2.75, 3.05) is 0 Å². The van der Waals surface area contributed by atoms with Crippen LogP contribution in [-0.4, -0.2) is 25.0 Å². The SMILES string of the molecule is Cc1ccc(C)c(Oc2ccc(CNC(=O)c3ccc4c(=O)n(C)c(=O)n(C)c4n3)cn2)c1. The first-order valence-corrected chi connectivity index (χ1v) is 10.3. The predicted octanol–water partition coefficient (Wildman–Crippen LogP) is 2.37. The van der Waals surface area contributed by atoms with Gasteiger partial charge in [-0.25, -0.2) is 14.8 Å². The van der Waals surface area contributed by atoms with E-state index in [-0.39, 0.29) is 23.3 Å². The van der Waals surface area contributed by atoms with Crippen molar-refractivity contribution in [3.8, 4) is 11.6 Å². The van der Waals surface area contributed by atoms with Crippen LogP contribution in [0, 0.1) is 13.8 Å². The minimum absolute atomic E-state index is 0.105. The van der Waals surface area contributed by atoms with Crippen LogP contribution in [0.3, 0.4) is 0 Å². The van der Waals surface area contributed by atoms with E-state index in [1.807, 2.05) is 38.1 Å². The summed E-state index contributed by atoms with van der Waals surface area (Å²) in [6.07, 6.45) is 1.63. The Hall–Kier alpha value is -4.27. The molecule has 3 aromatic heterocycles. The van der Waals surface area contributed by atoms with Crippen LogP contribution in [0.1, 0.15) is 27.2 Å². The Morgan fingerprint density at radius 3 is 2.55 bits per heavy atom. The number of aromatic nitrogens is 4. The van der Waals surface area contributed by atoms with Gasteiger partial charge in [0.15, 0.2) is 0 Å². The second kappa shape index (κ2) is 8.70. The van der Waals surface area contributed by atoms with E-state index in [0.29, 0.717) is 5.88 Å². The minimum Gasteiger partial charge on any atom is -0.439 e. The maximum absolute atomic E-state index is 12.6. The summed E-state index contributed by atoms with van der Waals surface area (Å²) in [4.78, 5) is 45.5. The topological polar surface area (TPSA) is 108 Å². The van der Waals surface area contributed by atoms with Gasteiger partial charge in [0.2, 0.25) is 5.88 Å². The number of hydrogen-bond donors (Lipinski definition) is 1. The number of carbonyl (C=O) groups is 1. The number of fused-ring (bicyclic) bond motifs is 1. The highest BCUT2D eigenvalue weighted by Crippen LogP contribution is 2.24. The fourth-order valence-electron chi connectivity index (χ4n) is 3.36. The van der Waals surface area contributed by atoms with Crippen molar-refractivity contribution >= 4 is 16.9 Å². The molecule has 0 aliphatic heterocycles. The minimum atomic E-state index is -0.508. The highest BCUT2D eigenvalue weighted by Gasteiger charge is 2.14. The van der Waals surface area contributed by atoms with Gasteiger partial charge in [-0.1, -0.05) is 18.2 Å². The van der Waals surface area contributed by atoms with E-state index in [1.54, 1.807) is 12.3 Å². The van der Waals surface area contributed by atoms with Gasteiger partial charge in [-0.15, -0.1) is 0 Å². The van der Waals surface area contributed by atoms with E-state index in [1.165, 1.54) is 30.8 Å². The zero-order chi connectivity index (χ0) is 23.7. The van der Waals surface area contributed by atoms with Crippen molar-refractivity contribution in [2.45, 2.75) is 20.4 Å². The number of rotatable bonds is 5. The molecule has 1 aromatic carbocycles. The number of aryl methyl sites for hydroxylation is 3. The molecule has 4 rings (SSSR count). The van der Waals surface area contributed by atoms with Gasteiger partial charge < -0.3 is 10.1 Å². The molecule has 0 unspecified atom stereocenters. The maximum atomic E-state index is 12.6. The van der Waals surface area contributed by atoms with Gasteiger partial charge in [-0.3, -0.25) is 18.7 Å². The number of amides is 1. The number of benzene rings is 1. The van der Waals surface area contributed by atoms with Crippen LogP contribution in [0.5, 0.6) is 11.6 Å². The van der Waals surface area contributed by atoms with Crippen molar-refractivity contribution in [1.82, 2.24) is 24.4 Å². The molecule has 1 amide bonds. The van der Waals surface area contributed by atoms with Crippen LogP contribution < -0.4 is 21.3 Å². The van der Waals surface area contributed by atoms with Gasteiger partial charge in [0.1, 0.15) is 17.1 Å². The molecule has 1 N–H and O–H groups in total. The molecule has 4 aromatic rings. The van der Waals surface area contributed by atoms with Crippen molar-refractivity contribution in [1.29, 1.82) is 0 Å². The normalized spacial score (nSPS) is 10.9. The monoisotopic (exact) mass is 445 g/mol. The molecule has 0 spiro atoms. The smallest absolute Gasteiger partial charge is 0.332 e. The first-order chi connectivity index (χ1) is 15.7. The van der Waals surface area contributed by atoms with E-state index in [9.17, 15) is 14.4 Å². The highest BCUT2D eigenvalue weighted by atomic mass is 16.5. The lowest BCUT2D eigenvalue weighted by Crippen LogP contribution is -2.37. The molecule has 0 fully saturated rings. The number of nitrogens with zero attached hydrogens (tertiary/aromatic N) is 4. The standard InChI is InChI=1S/C24H23N5O4/c1-14-5-6-15(2)19(11-14)33-20-10-7-16(12-25-20)13-26-22(30)18-9-8-17-21(27-18)28(3)24(32)29(4)23(17)31/h5-12H,13H2,1-4H3,(H,26,30). The molecule has 9 heteroatoms. The zero-order valence-corrected chi connectivity index (χ0v) is 18.7. The summed E-state index contributed by atoms with van der Waals surface area (Å²) in [5.74, 6) is 0.772. The summed E-state index contributed by atoms with van der Waals surface area (Å²) in [7, 11) is 2.91. The van der Waals surface area contributed by atoms with E-state index >= 15 is 0 Å². The third-order valence-electron chi connectivity index (χ3n) is 5.34. The van der Waals surface area contributed by atoms with Crippen LogP contribution in [0.2, 0.25) is 0 Å². The summed E-state index contributed by atoms with van der Waals surface area (Å²) in [5.41, 5.74) is 2.18. The van der Waals surface area contributed by atoms with Crippen LogP contribution in [0.25, 0.3) is 11.0 Å². The molecule has 0 radical (unpaired) electrons. The molecular weight excluding hydrogens is 422 g/mol. The van der Waals surface area contributed by atoms with Crippen molar-refractivity contribution in [3.05, 3.63) is 91.9 Å². The van der Waals surface area contributed by atoms with E-state index < -0.39 is 17.2 Å². The number of ether oxygens (including phenoxy) is 1. The first kappa shape index (κ1) is 21.9. The molecule has 0 saturated heterocycles. The molecule has 0 bridgehead atoms. The molecule has 168 valence electrons. The summed E-state index contributed by atoms with van der Waals surface area (Å²) in [6.45, 7) is 4.19. The Labute approximate surface area is 189 Å². The van der Waals surface area contributed by atoms with Crippen molar-refractivity contribution in [2.24, 2.45) is 14.1 Å². The molecule has 3 heterocycles. The van der Waals surface area contributed by atoms with Crippen LogP contribution in [0.15, 0.2) is 58.3 Å². The average Bonchev–Trinajstić information content (AvgIpc) is 2.82.